The van der Waals surface area contributed by atoms with Crippen molar-refractivity contribution >= 4 is 5.91 Å². The highest BCUT2D eigenvalue weighted by Gasteiger charge is 2.54. The van der Waals surface area contributed by atoms with E-state index in [0.29, 0.717) is 12.8 Å². The van der Waals surface area contributed by atoms with Crippen LogP contribution in [0.5, 0.6) is 0 Å². The molecule has 0 radical (unpaired) electrons. The van der Waals surface area contributed by atoms with Crippen molar-refractivity contribution in [3.63, 3.8) is 0 Å². The number of alkyl halides is 5. The van der Waals surface area contributed by atoms with E-state index in [1.54, 1.807) is 0 Å². The van der Waals surface area contributed by atoms with Crippen LogP contribution in [-0.2, 0) is 4.79 Å². The minimum atomic E-state index is -4.92. The van der Waals surface area contributed by atoms with Crippen molar-refractivity contribution in [3.8, 4) is 0 Å². The van der Waals surface area contributed by atoms with Crippen molar-refractivity contribution in [2.24, 2.45) is 0 Å². The summed E-state index contributed by atoms with van der Waals surface area (Å²) in [6.07, 6.45) is -5.99. The van der Waals surface area contributed by atoms with Gasteiger partial charge < -0.3 is 0 Å². The number of halogens is 6. The molecule has 0 aromatic heterocycles. The van der Waals surface area contributed by atoms with E-state index in [2.05, 4.69) is 10.2 Å². The Morgan fingerprint density at radius 1 is 1.21 bits per heavy atom. The zero-order valence-electron chi connectivity index (χ0n) is 15.6. The Bertz CT molecular complexity index is 753. The number of rotatable bonds is 9. The van der Waals surface area contributed by atoms with Crippen molar-refractivity contribution in [1.82, 2.24) is 10.6 Å². The Kier molecular flexibility index (Phi) is 6.83. The molecule has 1 aliphatic carbocycles. The molecule has 1 amide bonds. The number of benzene rings is 1. The number of nitrogens with zero attached hydrogens (tertiary/aromatic N) is 1. The van der Waals surface area contributed by atoms with Crippen molar-refractivity contribution in [1.29, 1.82) is 0 Å². The van der Waals surface area contributed by atoms with E-state index < -0.39 is 60.0 Å². The van der Waals surface area contributed by atoms with Crippen molar-refractivity contribution in [2.75, 3.05) is 0 Å². The molecule has 2 N–H and O–H groups in total. The first kappa shape index (κ1) is 23.0. The second-order valence-corrected chi connectivity index (χ2v) is 7.19. The molecule has 10 heteroatoms. The standard InChI is InChI=1S/C19H21F6N3O/c1-3-8-17(21,22)11-14(16(29)28-18(26-2)9-10-18)27-15(19(23,24)25)12-4-6-13(20)7-5-12/h4-7,14-15,27H,3,8-11H2,1H3,(H,28,29)/t14-,15-/m0/s1. The first-order chi connectivity index (χ1) is 13.4. The zero-order valence-corrected chi connectivity index (χ0v) is 15.6. The van der Waals surface area contributed by atoms with Gasteiger partial charge in [0.1, 0.15) is 11.9 Å². The van der Waals surface area contributed by atoms with Gasteiger partial charge in [-0.1, -0.05) is 25.5 Å². The zero-order chi connectivity index (χ0) is 21.9. The molecule has 1 saturated carbocycles. The molecular formula is C19H21F6N3O. The van der Waals surface area contributed by atoms with Gasteiger partial charge in [0.05, 0.1) is 18.9 Å². The van der Waals surface area contributed by atoms with Gasteiger partial charge in [0.2, 0.25) is 11.8 Å². The highest BCUT2D eigenvalue weighted by atomic mass is 19.4. The molecule has 0 aliphatic heterocycles. The average molecular weight is 421 g/mol. The normalized spacial score (nSPS) is 17.9. The molecule has 1 aromatic carbocycles. The summed E-state index contributed by atoms with van der Waals surface area (Å²) in [6, 6.07) is -0.974. The smallest absolute Gasteiger partial charge is 0.291 e. The van der Waals surface area contributed by atoms with E-state index in [1.165, 1.54) is 6.92 Å². The molecule has 0 spiro atoms. The maximum atomic E-state index is 14.2. The van der Waals surface area contributed by atoms with Crippen molar-refractivity contribution in [2.45, 2.75) is 68.9 Å². The first-order valence-electron chi connectivity index (χ1n) is 9.08. The van der Waals surface area contributed by atoms with Crippen LogP contribution < -0.4 is 10.6 Å². The van der Waals surface area contributed by atoms with Crippen molar-refractivity contribution in [3.05, 3.63) is 47.1 Å². The quantitative estimate of drug-likeness (QED) is 0.447. The topological polar surface area (TPSA) is 45.5 Å². The molecule has 1 aromatic rings. The van der Waals surface area contributed by atoms with Gasteiger partial charge in [0.25, 0.3) is 0 Å². The van der Waals surface area contributed by atoms with E-state index in [9.17, 15) is 31.1 Å². The summed E-state index contributed by atoms with van der Waals surface area (Å²) in [4.78, 5) is 15.7. The van der Waals surface area contributed by atoms with Crippen LogP contribution in [-0.4, -0.2) is 29.7 Å². The average Bonchev–Trinajstić information content (AvgIpc) is 3.38. The summed E-state index contributed by atoms with van der Waals surface area (Å²) >= 11 is 0. The lowest BCUT2D eigenvalue weighted by Gasteiger charge is -2.29. The predicted molar refractivity (Wildman–Crippen MR) is 93.3 cm³/mol. The van der Waals surface area contributed by atoms with Gasteiger partial charge in [0.15, 0.2) is 0 Å². The third kappa shape index (κ3) is 6.35. The van der Waals surface area contributed by atoms with Crippen molar-refractivity contribution < 1.29 is 31.1 Å². The molecule has 1 aliphatic rings. The Hall–Kier alpha value is -2.28. The SMILES string of the molecule is [C-]#[N+]C1(NC(=O)[C@H](CC(F)(F)CCC)N[C@@H](c2ccc(F)cc2)C(F)(F)F)CC1. The highest BCUT2D eigenvalue weighted by Crippen LogP contribution is 2.38. The molecule has 160 valence electrons. The molecule has 0 heterocycles. The molecule has 0 saturated heterocycles. The summed E-state index contributed by atoms with van der Waals surface area (Å²) < 4.78 is 82.2. The van der Waals surface area contributed by atoms with Gasteiger partial charge >= 0.3 is 11.8 Å². The van der Waals surface area contributed by atoms with Gasteiger partial charge in [-0.2, -0.15) is 13.2 Å². The van der Waals surface area contributed by atoms with Gasteiger partial charge in [-0.05, 0) is 17.7 Å². The maximum absolute atomic E-state index is 14.2. The van der Waals surface area contributed by atoms with Crippen LogP contribution in [0.4, 0.5) is 26.3 Å². The number of hydrogen-bond acceptors (Lipinski definition) is 2. The molecule has 29 heavy (non-hydrogen) atoms. The van der Waals surface area contributed by atoms with Gasteiger partial charge in [0, 0.05) is 12.8 Å². The lowest BCUT2D eigenvalue weighted by atomic mass is 10.00. The number of carbonyl (C=O) groups is 1. The molecule has 2 atom stereocenters. The second kappa shape index (κ2) is 8.61. The van der Waals surface area contributed by atoms with Crippen LogP contribution in [0.2, 0.25) is 0 Å². The minimum absolute atomic E-state index is 0.0774. The second-order valence-electron chi connectivity index (χ2n) is 7.19. The third-order valence-electron chi connectivity index (χ3n) is 4.63. The third-order valence-corrected chi connectivity index (χ3v) is 4.63. The predicted octanol–water partition coefficient (Wildman–Crippen LogP) is 4.74. The number of carbonyl (C=O) groups excluding carboxylic acids is 1. The van der Waals surface area contributed by atoms with Gasteiger partial charge in [-0.15, -0.1) is 0 Å². The van der Waals surface area contributed by atoms with E-state index in [-0.39, 0.29) is 6.42 Å². The van der Waals surface area contributed by atoms with Crippen LogP contribution in [0, 0.1) is 12.4 Å². The Morgan fingerprint density at radius 3 is 2.24 bits per heavy atom. The first-order valence-corrected chi connectivity index (χ1v) is 9.08. The Labute approximate surface area is 164 Å². The number of amides is 1. The largest absolute Gasteiger partial charge is 0.407 e. The maximum Gasteiger partial charge on any atom is 0.407 e. The Morgan fingerprint density at radius 2 is 1.79 bits per heavy atom. The van der Waals surface area contributed by atoms with E-state index in [4.69, 9.17) is 6.57 Å². The van der Waals surface area contributed by atoms with Crippen LogP contribution in [0.25, 0.3) is 4.85 Å². The fourth-order valence-corrected chi connectivity index (χ4v) is 2.93. The minimum Gasteiger partial charge on any atom is -0.291 e. The molecule has 0 unspecified atom stereocenters. The lowest BCUT2D eigenvalue weighted by Crippen LogP contribution is -2.53. The fraction of sp³-hybridized carbons (Fsp3) is 0.579. The molecule has 4 nitrogen and oxygen atoms in total. The number of nitrogens with one attached hydrogen (secondary N) is 2. The highest BCUT2D eigenvalue weighted by molar-refractivity contribution is 5.83. The van der Waals surface area contributed by atoms with Crippen LogP contribution in [0.3, 0.4) is 0 Å². The Balaban J connectivity index is 2.30. The summed E-state index contributed by atoms with van der Waals surface area (Å²) in [5, 5.41) is 4.26. The monoisotopic (exact) mass is 421 g/mol. The summed E-state index contributed by atoms with van der Waals surface area (Å²) in [5.41, 5.74) is -1.65. The molecular weight excluding hydrogens is 400 g/mol. The fourth-order valence-electron chi connectivity index (χ4n) is 2.93. The van der Waals surface area contributed by atoms with Gasteiger partial charge in [-0.25, -0.2) is 19.7 Å². The summed E-state index contributed by atoms with van der Waals surface area (Å²) in [6.45, 7) is 8.56. The van der Waals surface area contributed by atoms with Crippen LogP contribution in [0.1, 0.15) is 50.6 Å². The van der Waals surface area contributed by atoms with E-state index >= 15 is 0 Å². The number of hydrogen-bond donors (Lipinski definition) is 2. The summed E-state index contributed by atoms with van der Waals surface area (Å²) in [7, 11) is 0. The van der Waals surface area contributed by atoms with Gasteiger partial charge in [-0.3, -0.25) is 20.3 Å². The molecule has 1 fully saturated rings. The lowest BCUT2D eigenvalue weighted by molar-refractivity contribution is -0.163. The molecule has 0 bridgehead atoms. The van der Waals surface area contributed by atoms with Crippen LogP contribution >= 0.6 is 0 Å². The van der Waals surface area contributed by atoms with Crippen LogP contribution in [0.15, 0.2) is 24.3 Å². The summed E-state index contributed by atoms with van der Waals surface area (Å²) in [5.74, 6) is -5.23. The molecule has 2 rings (SSSR count). The van der Waals surface area contributed by atoms with E-state index in [1.807, 2.05) is 5.32 Å². The van der Waals surface area contributed by atoms with E-state index in [0.717, 1.165) is 24.3 Å².